The maximum absolute atomic E-state index is 11.6. The molecule has 1 aromatic rings. The Labute approximate surface area is 121 Å². The standard InChI is InChI=1S/C14H22N2O2.ClH/c1-11-4-6-13(7-5-11)18-9-8-16(3)14(17)10-12(2)15;/h4-7,12H,8-10,15H2,1-3H3;1H. The molecule has 0 aromatic heterocycles. The van der Waals surface area contributed by atoms with Crippen LogP contribution in [0.4, 0.5) is 0 Å². The fourth-order valence-electron chi connectivity index (χ4n) is 1.49. The van der Waals surface area contributed by atoms with Gasteiger partial charge >= 0.3 is 0 Å². The van der Waals surface area contributed by atoms with Gasteiger partial charge in [-0.3, -0.25) is 4.79 Å². The predicted octanol–water partition coefficient (Wildman–Crippen LogP) is 1.99. The molecule has 0 heterocycles. The van der Waals surface area contributed by atoms with Gasteiger partial charge in [-0.15, -0.1) is 12.4 Å². The summed E-state index contributed by atoms with van der Waals surface area (Å²) in [5.41, 5.74) is 6.79. The van der Waals surface area contributed by atoms with Crippen LogP contribution in [0.15, 0.2) is 24.3 Å². The summed E-state index contributed by atoms with van der Waals surface area (Å²) >= 11 is 0. The molecule has 0 saturated heterocycles. The molecule has 2 N–H and O–H groups in total. The fourth-order valence-corrected chi connectivity index (χ4v) is 1.49. The average molecular weight is 287 g/mol. The molecular weight excluding hydrogens is 264 g/mol. The maximum Gasteiger partial charge on any atom is 0.223 e. The number of benzene rings is 1. The quantitative estimate of drug-likeness (QED) is 0.870. The molecule has 0 saturated carbocycles. The Kier molecular flexibility index (Phi) is 8.19. The first-order valence-corrected chi connectivity index (χ1v) is 6.18. The van der Waals surface area contributed by atoms with Gasteiger partial charge in [0.05, 0.1) is 6.54 Å². The molecule has 1 amide bonds. The number of amides is 1. The first-order valence-electron chi connectivity index (χ1n) is 6.18. The summed E-state index contributed by atoms with van der Waals surface area (Å²) in [7, 11) is 1.77. The minimum atomic E-state index is -0.0991. The van der Waals surface area contributed by atoms with E-state index >= 15 is 0 Å². The molecule has 0 fully saturated rings. The minimum absolute atomic E-state index is 0. The Bertz CT molecular complexity index is 380. The van der Waals surface area contributed by atoms with E-state index in [0.717, 1.165) is 5.75 Å². The average Bonchev–Trinajstić information content (AvgIpc) is 2.30. The number of nitrogens with zero attached hydrogens (tertiary/aromatic N) is 1. The number of hydrogen-bond acceptors (Lipinski definition) is 3. The number of hydrogen-bond donors (Lipinski definition) is 1. The Balaban J connectivity index is 0.00000324. The molecule has 0 aliphatic rings. The van der Waals surface area contributed by atoms with Crippen molar-refractivity contribution < 1.29 is 9.53 Å². The predicted molar refractivity (Wildman–Crippen MR) is 79.8 cm³/mol. The van der Waals surface area contributed by atoms with Crippen LogP contribution in [0.2, 0.25) is 0 Å². The molecule has 0 spiro atoms. The van der Waals surface area contributed by atoms with E-state index in [1.807, 2.05) is 38.1 Å². The highest BCUT2D eigenvalue weighted by Gasteiger charge is 2.10. The highest BCUT2D eigenvalue weighted by molar-refractivity contribution is 5.85. The number of ether oxygens (including phenoxy) is 1. The van der Waals surface area contributed by atoms with E-state index in [4.69, 9.17) is 10.5 Å². The largest absolute Gasteiger partial charge is 0.492 e. The zero-order valence-corrected chi connectivity index (χ0v) is 12.6. The van der Waals surface area contributed by atoms with Gasteiger partial charge in [-0.2, -0.15) is 0 Å². The molecule has 4 nitrogen and oxygen atoms in total. The summed E-state index contributed by atoms with van der Waals surface area (Å²) in [5.74, 6) is 0.881. The number of aryl methyl sites for hydroxylation is 1. The van der Waals surface area contributed by atoms with E-state index in [-0.39, 0.29) is 24.4 Å². The molecule has 0 aliphatic carbocycles. The van der Waals surface area contributed by atoms with Crippen molar-refractivity contribution in [2.75, 3.05) is 20.2 Å². The van der Waals surface area contributed by atoms with Crippen molar-refractivity contribution in [2.45, 2.75) is 26.3 Å². The molecule has 19 heavy (non-hydrogen) atoms. The van der Waals surface area contributed by atoms with E-state index in [0.29, 0.717) is 19.6 Å². The Morgan fingerprint density at radius 1 is 1.37 bits per heavy atom. The van der Waals surface area contributed by atoms with Gasteiger partial charge in [-0.1, -0.05) is 17.7 Å². The van der Waals surface area contributed by atoms with E-state index in [1.54, 1.807) is 11.9 Å². The van der Waals surface area contributed by atoms with Crippen molar-refractivity contribution in [3.8, 4) is 5.75 Å². The van der Waals surface area contributed by atoms with E-state index in [9.17, 15) is 4.79 Å². The number of nitrogens with two attached hydrogens (primary N) is 1. The van der Waals surface area contributed by atoms with E-state index in [2.05, 4.69) is 0 Å². The summed E-state index contributed by atoms with van der Waals surface area (Å²) < 4.78 is 5.56. The SMILES string of the molecule is Cc1ccc(OCCN(C)C(=O)CC(C)N)cc1.Cl. The Morgan fingerprint density at radius 2 is 1.95 bits per heavy atom. The zero-order chi connectivity index (χ0) is 13.5. The van der Waals surface area contributed by atoms with Crippen LogP contribution < -0.4 is 10.5 Å². The highest BCUT2D eigenvalue weighted by atomic mass is 35.5. The third kappa shape index (κ3) is 7.03. The van der Waals surface area contributed by atoms with Gasteiger partial charge in [0.15, 0.2) is 0 Å². The van der Waals surface area contributed by atoms with Crippen LogP contribution in [0.3, 0.4) is 0 Å². The topological polar surface area (TPSA) is 55.6 Å². The molecule has 1 aromatic carbocycles. The minimum Gasteiger partial charge on any atom is -0.492 e. The molecule has 1 atom stereocenters. The fraction of sp³-hybridized carbons (Fsp3) is 0.500. The third-order valence-corrected chi connectivity index (χ3v) is 2.64. The zero-order valence-electron chi connectivity index (χ0n) is 11.8. The smallest absolute Gasteiger partial charge is 0.223 e. The van der Waals surface area contributed by atoms with Crippen LogP contribution in [0.1, 0.15) is 18.9 Å². The first kappa shape index (κ1) is 17.7. The molecule has 5 heteroatoms. The summed E-state index contributed by atoms with van der Waals surface area (Å²) in [6, 6.07) is 7.76. The number of likely N-dealkylation sites (N-methyl/N-ethyl adjacent to an activating group) is 1. The van der Waals surface area contributed by atoms with Gasteiger partial charge in [-0.25, -0.2) is 0 Å². The van der Waals surface area contributed by atoms with Crippen molar-refractivity contribution >= 4 is 18.3 Å². The molecule has 0 bridgehead atoms. The van der Waals surface area contributed by atoms with Gasteiger partial charge < -0.3 is 15.4 Å². The number of halogens is 1. The lowest BCUT2D eigenvalue weighted by molar-refractivity contribution is -0.130. The molecular formula is C14H23ClN2O2. The second kappa shape index (κ2) is 8.77. The molecule has 1 rings (SSSR count). The highest BCUT2D eigenvalue weighted by Crippen LogP contribution is 2.11. The third-order valence-electron chi connectivity index (χ3n) is 2.64. The normalized spacial score (nSPS) is 11.4. The molecule has 0 radical (unpaired) electrons. The van der Waals surface area contributed by atoms with Crippen LogP contribution >= 0.6 is 12.4 Å². The van der Waals surface area contributed by atoms with Gasteiger partial charge in [0, 0.05) is 19.5 Å². The van der Waals surface area contributed by atoms with Crippen molar-refractivity contribution in [1.82, 2.24) is 4.90 Å². The summed E-state index contributed by atoms with van der Waals surface area (Å²) in [6.07, 6.45) is 0.376. The Morgan fingerprint density at radius 3 is 2.47 bits per heavy atom. The van der Waals surface area contributed by atoms with Crippen LogP contribution in [-0.2, 0) is 4.79 Å². The summed E-state index contributed by atoms with van der Waals surface area (Å²) in [5, 5.41) is 0. The summed E-state index contributed by atoms with van der Waals surface area (Å²) in [4.78, 5) is 13.3. The van der Waals surface area contributed by atoms with Gasteiger partial charge in [-0.05, 0) is 26.0 Å². The van der Waals surface area contributed by atoms with Crippen molar-refractivity contribution in [2.24, 2.45) is 5.73 Å². The van der Waals surface area contributed by atoms with Gasteiger partial charge in [0.2, 0.25) is 5.91 Å². The maximum atomic E-state index is 11.6. The second-order valence-electron chi connectivity index (χ2n) is 4.66. The van der Waals surface area contributed by atoms with Gasteiger partial charge in [0.1, 0.15) is 12.4 Å². The Hall–Kier alpha value is -1.26. The number of carbonyl (C=O) groups is 1. The lowest BCUT2D eigenvalue weighted by atomic mass is 10.2. The van der Waals surface area contributed by atoms with Crippen molar-refractivity contribution in [1.29, 1.82) is 0 Å². The van der Waals surface area contributed by atoms with E-state index < -0.39 is 0 Å². The number of rotatable bonds is 6. The first-order chi connectivity index (χ1) is 8.49. The van der Waals surface area contributed by atoms with Crippen LogP contribution in [0.25, 0.3) is 0 Å². The monoisotopic (exact) mass is 286 g/mol. The van der Waals surface area contributed by atoms with Crippen LogP contribution in [-0.4, -0.2) is 37.0 Å². The van der Waals surface area contributed by atoms with Gasteiger partial charge in [0.25, 0.3) is 0 Å². The lowest BCUT2D eigenvalue weighted by Gasteiger charge is -2.18. The van der Waals surface area contributed by atoms with Crippen molar-refractivity contribution in [3.63, 3.8) is 0 Å². The van der Waals surface area contributed by atoms with Crippen LogP contribution in [0, 0.1) is 6.92 Å². The summed E-state index contributed by atoms with van der Waals surface area (Å²) in [6.45, 7) is 4.92. The van der Waals surface area contributed by atoms with Crippen LogP contribution in [0.5, 0.6) is 5.75 Å². The number of carbonyl (C=O) groups excluding carboxylic acids is 1. The molecule has 108 valence electrons. The van der Waals surface area contributed by atoms with Crippen molar-refractivity contribution in [3.05, 3.63) is 29.8 Å². The second-order valence-corrected chi connectivity index (χ2v) is 4.66. The lowest BCUT2D eigenvalue weighted by Crippen LogP contribution is -2.34. The molecule has 0 aliphatic heterocycles. The molecule has 1 unspecified atom stereocenters. The van der Waals surface area contributed by atoms with E-state index in [1.165, 1.54) is 5.56 Å².